The van der Waals surface area contributed by atoms with Crippen molar-refractivity contribution in [2.45, 2.75) is 70.3 Å². The topological polar surface area (TPSA) is 30.7 Å². The van der Waals surface area contributed by atoms with Crippen molar-refractivity contribution in [3.8, 4) is 0 Å². The summed E-state index contributed by atoms with van der Waals surface area (Å²) >= 11 is 0. The zero-order valence-corrected chi connectivity index (χ0v) is 10.6. The molecule has 0 atom stereocenters. The molecule has 0 amide bonds. The molecule has 0 aromatic carbocycles. The maximum atomic E-state index is 4.34. The molecule has 0 spiro atoms. The first-order chi connectivity index (χ1) is 8.42. The molecule has 1 aromatic rings. The fourth-order valence-electron chi connectivity index (χ4n) is 3.15. The second-order valence-corrected chi connectivity index (χ2v) is 5.83. The third-order valence-electron chi connectivity index (χ3n) is 4.55. The van der Waals surface area contributed by atoms with Gasteiger partial charge >= 0.3 is 0 Å². The summed E-state index contributed by atoms with van der Waals surface area (Å²) in [4.78, 5) is 0. The maximum absolute atomic E-state index is 4.34. The van der Waals surface area contributed by atoms with Gasteiger partial charge in [-0.2, -0.15) is 0 Å². The Morgan fingerprint density at radius 2 is 1.94 bits per heavy atom. The van der Waals surface area contributed by atoms with Crippen molar-refractivity contribution < 1.29 is 0 Å². The van der Waals surface area contributed by atoms with Crippen LogP contribution in [0.1, 0.15) is 69.4 Å². The normalized spacial score (nSPS) is 21.9. The van der Waals surface area contributed by atoms with Crippen LogP contribution < -0.4 is 0 Å². The Kier molecular flexibility index (Phi) is 3.44. The van der Waals surface area contributed by atoms with Crippen LogP contribution in [0.25, 0.3) is 0 Å². The fraction of sp³-hybridized carbons (Fsp3) is 0.857. The summed E-state index contributed by atoms with van der Waals surface area (Å²) in [5, 5.41) is 8.61. The van der Waals surface area contributed by atoms with Crippen molar-refractivity contribution in [1.82, 2.24) is 15.0 Å². The summed E-state index contributed by atoms with van der Waals surface area (Å²) in [5.41, 5.74) is 1.24. The summed E-state index contributed by atoms with van der Waals surface area (Å²) in [6.07, 6.45) is 14.6. The van der Waals surface area contributed by atoms with Crippen molar-refractivity contribution in [1.29, 1.82) is 0 Å². The minimum Gasteiger partial charge on any atom is -0.252 e. The van der Waals surface area contributed by atoms with E-state index in [0.717, 1.165) is 12.5 Å². The quantitative estimate of drug-likeness (QED) is 0.779. The van der Waals surface area contributed by atoms with E-state index in [1.807, 2.05) is 0 Å². The van der Waals surface area contributed by atoms with Crippen molar-refractivity contribution in [2.24, 2.45) is 5.92 Å². The molecule has 3 nitrogen and oxygen atoms in total. The lowest BCUT2D eigenvalue weighted by Gasteiger charge is -2.24. The maximum Gasteiger partial charge on any atom is 0.0857 e. The van der Waals surface area contributed by atoms with Gasteiger partial charge in [0.2, 0.25) is 0 Å². The van der Waals surface area contributed by atoms with Crippen LogP contribution in [0.4, 0.5) is 0 Å². The molecule has 0 saturated heterocycles. The Labute approximate surface area is 104 Å². The van der Waals surface area contributed by atoms with E-state index >= 15 is 0 Å². The first-order valence-electron chi connectivity index (χ1n) is 7.32. The molecular formula is C14H23N3. The fourth-order valence-corrected chi connectivity index (χ4v) is 3.15. The number of aryl methyl sites for hydroxylation is 1. The number of rotatable bonds is 5. The number of nitrogens with zero attached hydrogens (tertiary/aromatic N) is 3. The minimum atomic E-state index is 0.704. The largest absolute Gasteiger partial charge is 0.252 e. The molecule has 2 aliphatic carbocycles. The number of hydrogen-bond acceptors (Lipinski definition) is 2. The average molecular weight is 233 g/mol. The van der Waals surface area contributed by atoms with Gasteiger partial charge in [0.25, 0.3) is 0 Å². The van der Waals surface area contributed by atoms with Crippen LogP contribution in [0, 0.1) is 5.92 Å². The van der Waals surface area contributed by atoms with Crippen LogP contribution in [0.3, 0.4) is 0 Å². The molecule has 3 rings (SSSR count). The smallest absolute Gasteiger partial charge is 0.0857 e. The van der Waals surface area contributed by atoms with E-state index in [-0.39, 0.29) is 0 Å². The van der Waals surface area contributed by atoms with Crippen molar-refractivity contribution >= 4 is 0 Å². The van der Waals surface area contributed by atoms with Gasteiger partial charge in [-0.15, -0.1) is 5.10 Å². The minimum absolute atomic E-state index is 0.704. The standard InChI is InChI=1S/C14H23N3/c1-2-9-13(8-1)14-11-17(16-15-14)10-4-7-12-5-3-6-12/h11-13H,1-10H2. The van der Waals surface area contributed by atoms with Crippen LogP contribution in [-0.4, -0.2) is 15.0 Å². The van der Waals surface area contributed by atoms with E-state index in [1.54, 1.807) is 0 Å². The lowest BCUT2D eigenvalue weighted by molar-refractivity contribution is 0.282. The Hall–Kier alpha value is -0.860. The molecule has 0 bridgehead atoms. The highest BCUT2D eigenvalue weighted by Crippen LogP contribution is 2.33. The Bertz CT molecular complexity index is 348. The van der Waals surface area contributed by atoms with E-state index in [0.29, 0.717) is 5.92 Å². The first-order valence-corrected chi connectivity index (χ1v) is 7.32. The highest BCUT2D eigenvalue weighted by Gasteiger charge is 2.20. The number of aromatic nitrogens is 3. The summed E-state index contributed by atoms with van der Waals surface area (Å²) < 4.78 is 2.06. The third kappa shape index (κ3) is 2.70. The zero-order valence-electron chi connectivity index (χ0n) is 10.6. The summed E-state index contributed by atoms with van der Waals surface area (Å²) in [6, 6.07) is 0. The molecule has 2 fully saturated rings. The molecule has 0 aliphatic heterocycles. The first kappa shape index (κ1) is 11.2. The van der Waals surface area contributed by atoms with Gasteiger partial charge in [0, 0.05) is 18.7 Å². The van der Waals surface area contributed by atoms with Gasteiger partial charge < -0.3 is 0 Å². The lowest BCUT2D eigenvalue weighted by Crippen LogP contribution is -2.11. The molecule has 0 radical (unpaired) electrons. The van der Waals surface area contributed by atoms with E-state index < -0.39 is 0 Å². The average Bonchev–Trinajstić information content (AvgIpc) is 2.91. The zero-order chi connectivity index (χ0) is 11.5. The van der Waals surface area contributed by atoms with Crippen LogP contribution in [0.5, 0.6) is 0 Å². The Morgan fingerprint density at radius 1 is 1.12 bits per heavy atom. The molecule has 0 N–H and O–H groups in total. The van der Waals surface area contributed by atoms with Gasteiger partial charge in [-0.05, 0) is 31.6 Å². The molecule has 2 saturated carbocycles. The number of hydrogen-bond donors (Lipinski definition) is 0. The van der Waals surface area contributed by atoms with Crippen molar-refractivity contribution in [3.05, 3.63) is 11.9 Å². The van der Waals surface area contributed by atoms with Gasteiger partial charge in [-0.1, -0.05) is 37.3 Å². The Balaban J connectivity index is 1.46. The molecule has 2 aliphatic rings. The van der Waals surface area contributed by atoms with Crippen LogP contribution in [0.2, 0.25) is 0 Å². The van der Waals surface area contributed by atoms with Crippen molar-refractivity contribution in [2.75, 3.05) is 0 Å². The summed E-state index contributed by atoms with van der Waals surface area (Å²) in [5.74, 6) is 1.73. The van der Waals surface area contributed by atoms with E-state index in [4.69, 9.17) is 0 Å². The SMILES string of the molecule is c1c(C2CCCC2)nnn1CCCC1CCC1. The van der Waals surface area contributed by atoms with E-state index in [2.05, 4.69) is 21.2 Å². The van der Waals surface area contributed by atoms with Gasteiger partial charge in [0.15, 0.2) is 0 Å². The predicted octanol–water partition coefficient (Wildman–Crippen LogP) is 3.52. The highest BCUT2D eigenvalue weighted by atomic mass is 15.4. The molecule has 1 heterocycles. The van der Waals surface area contributed by atoms with Crippen LogP contribution in [0.15, 0.2) is 6.20 Å². The van der Waals surface area contributed by atoms with Gasteiger partial charge in [0.1, 0.15) is 0 Å². The van der Waals surface area contributed by atoms with Crippen molar-refractivity contribution in [3.63, 3.8) is 0 Å². The van der Waals surface area contributed by atoms with E-state index in [9.17, 15) is 0 Å². The van der Waals surface area contributed by atoms with Gasteiger partial charge in [-0.3, -0.25) is 4.68 Å². The van der Waals surface area contributed by atoms with Gasteiger partial charge in [0.05, 0.1) is 5.69 Å². The second-order valence-electron chi connectivity index (χ2n) is 5.83. The summed E-state index contributed by atoms with van der Waals surface area (Å²) in [6.45, 7) is 1.07. The predicted molar refractivity (Wildman–Crippen MR) is 67.8 cm³/mol. The molecule has 1 aromatic heterocycles. The molecule has 0 unspecified atom stereocenters. The molecule has 3 heteroatoms. The molecule has 94 valence electrons. The Morgan fingerprint density at radius 3 is 2.65 bits per heavy atom. The van der Waals surface area contributed by atoms with Gasteiger partial charge in [-0.25, -0.2) is 0 Å². The van der Waals surface area contributed by atoms with E-state index in [1.165, 1.54) is 63.5 Å². The lowest BCUT2D eigenvalue weighted by atomic mass is 9.82. The molecule has 17 heavy (non-hydrogen) atoms. The monoisotopic (exact) mass is 233 g/mol. The second kappa shape index (κ2) is 5.19. The summed E-state index contributed by atoms with van der Waals surface area (Å²) in [7, 11) is 0. The molecular weight excluding hydrogens is 210 g/mol. The van der Waals surface area contributed by atoms with Crippen LogP contribution >= 0.6 is 0 Å². The highest BCUT2D eigenvalue weighted by molar-refractivity contribution is 5.03. The van der Waals surface area contributed by atoms with Crippen LogP contribution in [-0.2, 0) is 6.54 Å². The third-order valence-corrected chi connectivity index (χ3v) is 4.55.